The molecular formula is C15H25NOS. The first kappa shape index (κ1) is 15.4. The molecule has 0 radical (unpaired) electrons. The van der Waals surface area contributed by atoms with E-state index < -0.39 is 0 Å². The Morgan fingerprint density at radius 3 is 2.44 bits per heavy atom. The average molecular weight is 267 g/mol. The van der Waals surface area contributed by atoms with Gasteiger partial charge in [-0.3, -0.25) is 0 Å². The summed E-state index contributed by atoms with van der Waals surface area (Å²) >= 11 is 4.26. The third kappa shape index (κ3) is 4.21. The van der Waals surface area contributed by atoms with Crippen molar-refractivity contribution in [2.24, 2.45) is 0 Å². The molecular weight excluding hydrogens is 242 g/mol. The van der Waals surface area contributed by atoms with Gasteiger partial charge in [-0.2, -0.15) is 12.6 Å². The fourth-order valence-corrected chi connectivity index (χ4v) is 2.34. The summed E-state index contributed by atoms with van der Waals surface area (Å²) in [5, 5.41) is 0. The molecule has 0 fully saturated rings. The summed E-state index contributed by atoms with van der Waals surface area (Å²) in [6, 6.07) is 6.47. The van der Waals surface area contributed by atoms with E-state index in [0.717, 1.165) is 24.6 Å². The highest BCUT2D eigenvalue weighted by atomic mass is 32.1. The van der Waals surface area contributed by atoms with Crippen LogP contribution in [0.1, 0.15) is 31.9 Å². The summed E-state index contributed by atoms with van der Waals surface area (Å²) < 4.78 is 5.45. The molecule has 1 aromatic carbocycles. The molecule has 18 heavy (non-hydrogen) atoms. The minimum absolute atomic E-state index is 0.101. The topological polar surface area (TPSA) is 12.5 Å². The fraction of sp³-hybridized carbons (Fsp3) is 0.600. The maximum atomic E-state index is 5.45. The van der Waals surface area contributed by atoms with Crippen molar-refractivity contribution in [3.63, 3.8) is 0 Å². The van der Waals surface area contributed by atoms with Gasteiger partial charge in [-0.1, -0.05) is 32.9 Å². The highest BCUT2D eigenvalue weighted by Crippen LogP contribution is 2.32. The normalized spacial score (nSPS) is 11.9. The van der Waals surface area contributed by atoms with E-state index in [1.165, 1.54) is 11.1 Å². The largest absolute Gasteiger partial charge is 0.496 e. The first-order chi connectivity index (χ1) is 8.38. The Labute approximate surface area is 117 Å². The van der Waals surface area contributed by atoms with Crippen LogP contribution in [0.4, 0.5) is 0 Å². The number of ether oxygens (including phenoxy) is 1. The SMILES string of the molecule is COc1ccc(CN(C)CCS)cc1C(C)(C)C. The second-order valence-electron chi connectivity index (χ2n) is 5.75. The standard InChI is InChI=1S/C15H25NOS/c1-15(2,3)13-10-12(6-7-14(13)17-5)11-16(4)8-9-18/h6-7,10,18H,8-9,11H2,1-5H3. The molecule has 0 saturated carbocycles. The van der Waals surface area contributed by atoms with Crippen LogP contribution in [-0.2, 0) is 12.0 Å². The molecule has 1 aromatic rings. The van der Waals surface area contributed by atoms with Crippen LogP contribution in [0.2, 0.25) is 0 Å². The Hall–Kier alpha value is -0.670. The summed E-state index contributed by atoms with van der Waals surface area (Å²) in [7, 11) is 3.86. The van der Waals surface area contributed by atoms with E-state index in [0.29, 0.717) is 0 Å². The van der Waals surface area contributed by atoms with Crippen LogP contribution in [0, 0.1) is 0 Å². The molecule has 0 amide bonds. The van der Waals surface area contributed by atoms with Gasteiger partial charge in [-0.25, -0.2) is 0 Å². The molecule has 0 aliphatic rings. The lowest BCUT2D eigenvalue weighted by atomic mass is 9.85. The van der Waals surface area contributed by atoms with E-state index in [1.54, 1.807) is 7.11 Å². The van der Waals surface area contributed by atoms with E-state index in [1.807, 2.05) is 0 Å². The smallest absolute Gasteiger partial charge is 0.122 e. The molecule has 0 aromatic heterocycles. The Balaban J connectivity index is 2.96. The molecule has 3 heteroatoms. The van der Waals surface area contributed by atoms with Gasteiger partial charge in [0.15, 0.2) is 0 Å². The van der Waals surface area contributed by atoms with Gasteiger partial charge in [-0.15, -0.1) is 0 Å². The average Bonchev–Trinajstić information content (AvgIpc) is 2.28. The lowest BCUT2D eigenvalue weighted by Crippen LogP contribution is -2.21. The number of thiol groups is 1. The maximum Gasteiger partial charge on any atom is 0.122 e. The minimum atomic E-state index is 0.101. The molecule has 102 valence electrons. The van der Waals surface area contributed by atoms with Crippen molar-refractivity contribution in [3.8, 4) is 5.75 Å². The molecule has 0 saturated heterocycles. The Morgan fingerprint density at radius 2 is 1.94 bits per heavy atom. The van der Waals surface area contributed by atoms with Crippen LogP contribution in [0.25, 0.3) is 0 Å². The summed E-state index contributed by atoms with van der Waals surface area (Å²) in [4.78, 5) is 2.28. The molecule has 1 rings (SSSR count). The van der Waals surface area contributed by atoms with Crippen LogP contribution < -0.4 is 4.74 Å². The van der Waals surface area contributed by atoms with E-state index >= 15 is 0 Å². The second kappa shape index (κ2) is 6.48. The van der Waals surface area contributed by atoms with Gasteiger partial charge in [0.25, 0.3) is 0 Å². The molecule has 0 bridgehead atoms. The van der Waals surface area contributed by atoms with Crippen LogP contribution in [0.15, 0.2) is 18.2 Å². The summed E-state index contributed by atoms with van der Waals surface area (Å²) in [6.45, 7) is 8.60. The fourth-order valence-electron chi connectivity index (χ4n) is 2.00. The van der Waals surface area contributed by atoms with Gasteiger partial charge in [0.05, 0.1) is 7.11 Å². The molecule has 0 heterocycles. The first-order valence-corrected chi connectivity index (χ1v) is 6.98. The zero-order chi connectivity index (χ0) is 13.8. The summed E-state index contributed by atoms with van der Waals surface area (Å²) in [5.41, 5.74) is 2.69. The van der Waals surface area contributed by atoms with E-state index in [9.17, 15) is 0 Å². The number of methoxy groups -OCH3 is 1. The third-order valence-electron chi connectivity index (χ3n) is 3.01. The van der Waals surface area contributed by atoms with Crippen LogP contribution in [0.5, 0.6) is 5.75 Å². The predicted molar refractivity (Wildman–Crippen MR) is 81.9 cm³/mol. The van der Waals surface area contributed by atoms with Gasteiger partial charge < -0.3 is 9.64 Å². The van der Waals surface area contributed by atoms with Crippen molar-refractivity contribution in [2.75, 3.05) is 26.5 Å². The van der Waals surface area contributed by atoms with Crippen molar-refractivity contribution >= 4 is 12.6 Å². The van der Waals surface area contributed by atoms with E-state index in [-0.39, 0.29) is 5.41 Å². The van der Waals surface area contributed by atoms with Crippen molar-refractivity contribution in [3.05, 3.63) is 29.3 Å². The Morgan fingerprint density at radius 1 is 1.28 bits per heavy atom. The Bertz CT molecular complexity index is 385. The van der Waals surface area contributed by atoms with Crippen molar-refractivity contribution in [2.45, 2.75) is 32.7 Å². The molecule has 0 unspecified atom stereocenters. The van der Waals surface area contributed by atoms with Gasteiger partial charge in [0, 0.05) is 18.8 Å². The highest BCUT2D eigenvalue weighted by Gasteiger charge is 2.19. The summed E-state index contributed by atoms with van der Waals surface area (Å²) in [6.07, 6.45) is 0. The van der Waals surface area contributed by atoms with Crippen LogP contribution in [-0.4, -0.2) is 31.4 Å². The minimum Gasteiger partial charge on any atom is -0.496 e. The van der Waals surface area contributed by atoms with Gasteiger partial charge in [0.1, 0.15) is 5.75 Å². The van der Waals surface area contributed by atoms with Crippen LogP contribution >= 0.6 is 12.6 Å². The number of hydrogen-bond acceptors (Lipinski definition) is 3. The van der Waals surface area contributed by atoms with E-state index in [2.05, 4.69) is 63.5 Å². The van der Waals surface area contributed by atoms with Crippen molar-refractivity contribution in [1.82, 2.24) is 4.90 Å². The lowest BCUT2D eigenvalue weighted by Gasteiger charge is -2.24. The molecule has 0 spiro atoms. The number of hydrogen-bond donors (Lipinski definition) is 1. The number of nitrogens with zero attached hydrogens (tertiary/aromatic N) is 1. The highest BCUT2D eigenvalue weighted by molar-refractivity contribution is 7.80. The molecule has 0 aliphatic carbocycles. The van der Waals surface area contributed by atoms with Gasteiger partial charge in [0.2, 0.25) is 0 Å². The van der Waals surface area contributed by atoms with E-state index in [4.69, 9.17) is 4.74 Å². The first-order valence-electron chi connectivity index (χ1n) is 6.35. The zero-order valence-electron chi connectivity index (χ0n) is 12.2. The molecule has 0 aliphatic heterocycles. The van der Waals surface area contributed by atoms with Gasteiger partial charge >= 0.3 is 0 Å². The number of benzene rings is 1. The quantitative estimate of drug-likeness (QED) is 0.821. The van der Waals surface area contributed by atoms with Crippen LogP contribution in [0.3, 0.4) is 0 Å². The molecule has 0 atom stereocenters. The van der Waals surface area contributed by atoms with Crippen molar-refractivity contribution < 1.29 is 4.74 Å². The monoisotopic (exact) mass is 267 g/mol. The van der Waals surface area contributed by atoms with Gasteiger partial charge in [-0.05, 0) is 29.7 Å². The summed E-state index contributed by atoms with van der Waals surface area (Å²) in [5.74, 6) is 1.86. The zero-order valence-corrected chi connectivity index (χ0v) is 13.1. The molecule has 2 nitrogen and oxygen atoms in total. The third-order valence-corrected chi connectivity index (χ3v) is 3.21. The van der Waals surface area contributed by atoms with Crippen molar-refractivity contribution in [1.29, 1.82) is 0 Å². The maximum absolute atomic E-state index is 5.45. The second-order valence-corrected chi connectivity index (χ2v) is 6.19. The molecule has 0 N–H and O–H groups in total. The lowest BCUT2D eigenvalue weighted by molar-refractivity contribution is 0.347. The Kier molecular flexibility index (Phi) is 5.54. The predicted octanol–water partition coefficient (Wildman–Crippen LogP) is 3.35. The number of rotatable bonds is 5.